The number of nitrogens with one attached hydrogen (secondary N) is 1. The average molecular weight is 293 g/mol. The summed E-state index contributed by atoms with van der Waals surface area (Å²) in [6.45, 7) is 4.06. The van der Waals surface area contributed by atoms with Crippen molar-refractivity contribution >= 4 is 23.5 Å². The Hall–Kier alpha value is -2.37. The number of ether oxygens (including phenoxy) is 2. The standard InChI is InChI=1S/C15H19NO5/c1-3-20-14(18)10-9-13(17)16-12-7-5-11(6-8-12)15(19)21-4-2/h5-8H,3-4,9-10H2,1-2H3,(H,16,17). The van der Waals surface area contributed by atoms with Crippen molar-refractivity contribution in [1.82, 2.24) is 0 Å². The molecule has 1 amide bonds. The van der Waals surface area contributed by atoms with Gasteiger partial charge in [0.05, 0.1) is 25.2 Å². The van der Waals surface area contributed by atoms with E-state index in [0.29, 0.717) is 24.5 Å². The van der Waals surface area contributed by atoms with Crippen LogP contribution in [0.5, 0.6) is 0 Å². The van der Waals surface area contributed by atoms with E-state index < -0.39 is 11.9 Å². The quantitative estimate of drug-likeness (QED) is 0.779. The maximum absolute atomic E-state index is 11.6. The Labute approximate surface area is 123 Å². The van der Waals surface area contributed by atoms with Crippen molar-refractivity contribution in [3.63, 3.8) is 0 Å². The summed E-state index contributed by atoms with van der Waals surface area (Å²) >= 11 is 0. The Balaban J connectivity index is 2.46. The van der Waals surface area contributed by atoms with Gasteiger partial charge in [0.1, 0.15) is 0 Å². The first-order valence-corrected chi connectivity index (χ1v) is 6.79. The molecule has 0 unspecified atom stereocenters. The van der Waals surface area contributed by atoms with Gasteiger partial charge >= 0.3 is 11.9 Å². The molecular weight excluding hydrogens is 274 g/mol. The second-order valence-electron chi connectivity index (χ2n) is 4.15. The zero-order valence-electron chi connectivity index (χ0n) is 12.2. The maximum Gasteiger partial charge on any atom is 0.338 e. The maximum atomic E-state index is 11.6. The number of rotatable bonds is 7. The van der Waals surface area contributed by atoms with E-state index in [1.54, 1.807) is 38.1 Å². The number of carbonyl (C=O) groups is 3. The number of amides is 1. The molecule has 0 aliphatic carbocycles. The number of anilines is 1. The number of benzene rings is 1. The fourth-order valence-electron chi connectivity index (χ4n) is 1.58. The normalized spacial score (nSPS) is 9.81. The molecule has 0 saturated carbocycles. The highest BCUT2D eigenvalue weighted by Crippen LogP contribution is 2.11. The molecule has 0 radical (unpaired) electrons. The van der Waals surface area contributed by atoms with Crippen LogP contribution >= 0.6 is 0 Å². The van der Waals surface area contributed by atoms with Crippen LogP contribution in [0.15, 0.2) is 24.3 Å². The van der Waals surface area contributed by atoms with Crippen LogP contribution in [0.2, 0.25) is 0 Å². The highest BCUT2D eigenvalue weighted by Gasteiger charge is 2.09. The van der Waals surface area contributed by atoms with Gasteiger partial charge in [-0.25, -0.2) is 4.79 Å². The minimum absolute atomic E-state index is 0.0422. The van der Waals surface area contributed by atoms with Gasteiger partial charge in [-0.05, 0) is 38.1 Å². The van der Waals surface area contributed by atoms with E-state index >= 15 is 0 Å². The van der Waals surface area contributed by atoms with Gasteiger partial charge in [0.15, 0.2) is 0 Å². The fraction of sp³-hybridized carbons (Fsp3) is 0.400. The lowest BCUT2D eigenvalue weighted by Crippen LogP contribution is -2.14. The molecule has 0 saturated heterocycles. The van der Waals surface area contributed by atoms with Gasteiger partial charge in [0.25, 0.3) is 0 Å². The van der Waals surface area contributed by atoms with Gasteiger partial charge in [0, 0.05) is 12.1 Å². The van der Waals surface area contributed by atoms with Gasteiger partial charge < -0.3 is 14.8 Å². The number of carbonyl (C=O) groups excluding carboxylic acids is 3. The van der Waals surface area contributed by atoms with Crippen molar-refractivity contribution in [3.8, 4) is 0 Å². The van der Waals surface area contributed by atoms with E-state index in [4.69, 9.17) is 9.47 Å². The van der Waals surface area contributed by atoms with Crippen molar-refractivity contribution in [3.05, 3.63) is 29.8 Å². The van der Waals surface area contributed by atoms with Crippen LogP contribution in [0, 0.1) is 0 Å². The predicted molar refractivity (Wildman–Crippen MR) is 76.9 cm³/mol. The van der Waals surface area contributed by atoms with Crippen LogP contribution in [-0.2, 0) is 19.1 Å². The molecule has 0 bridgehead atoms. The number of hydrogen-bond acceptors (Lipinski definition) is 5. The molecule has 0 aromatic heterocycles. The molecule has 0 fully saturated rings. The van der Waals surface area contributed by atoms with Crippen LogP contribution < -0.4 is 5.32 Å². The monoisotopic (exact) mass is 293 g/mol. The second-order valence-corrected chi connectivity index (χ2v) is 4.15. The summed E-state index contributed by atoms with van der Waals surface area (Å²) in [5.41, 5.74) is 0.971. The van der Waals surface area contributed by atoms with Crippen LogP contribution in [0.4, 0.5) is 5.69 Å². The molecule has 0 spiro atoms. The molecule has 1 aromatic rings. The molecular formula is C15H19NO5. The fourth-order valence-corrected chi connectivity index (χ4v) is 1.58. The van der Waals surface area contributed by atoms with Gasteiger partial charge in [-0.1, -0.05) is 0 Å². The lowest BCUT2D eigenvalue weighted by molar-refractivity contribution is -0.144. The highest BCUT2D eigenvalue weighted by atomic mass is 16.5. The van der Waals surface area contributed by atoms with Crippen LogP contribution in [0.3, 0.4) is 0 Å². The summed E-state index contributed by atoms with van der Waals surface area (Å²) in [6, 6.07) is 6.35. The van der Waals surface area contributed by atoms with Crippen LogP contribution in [0.1, 0.15) is 37.0 Å². The van der Waals surface area contributed by atoms with Crippen molar-refractivity contribution in [2.24, 2.45) is 0 Å². The highest BCUT2D eigenvalue weighted by molar-refractivity contribution is 5.94. The average Bonchev–Trinajstić information content (AvgIpc) is 2.46. The van der Waals surface area contributed by atoms with Gasteiger partial charge in [0.2, 0.25) is 5.91 Å². The molecule has 0 aliphatic heterocycles. The summed E-state index contributed by atoms with van der Waals surface area (Å²) in [4.78, 5) is 34.2. The third-order valence-corrected chi connectivity index (χ3v) is 2.54. The molecule has 21 heavy (non-hydrogen) atoms. The number of esters is 2. The predicted octanol–water partition coefficient (Wildman–Crippen LogP) is 2.15. The van der Waals surface area contributed by atoms with E-state index in [2.05, 4.69) is 5.32 Å². The zero-order chi connectivity index (χ0) is 15.7. The zero-order valence-corrected chi connectivity index (χ0v) is 12.2. The van der Waals surface area contributed by atoms with Gasteiger partial charge in [-0.3, -0.25) is 9.59 Å². The van der Waals surface area contributed by atoms with Crippen molar-refractivity contribution < 1.29 is 23.9 Å². The molecule has 6 heteroatoms. The molecule has 1 N–H and O–H groups in total. The van der Waals surface area contributed by atoms with Crippen LogP contribution in [-0.4, -0.2) is 31.1 Å². The molecule has 6 nitrogen and oxygen atoms in total. The summed E-state index contributed by atoms with van der Waals surface area (Å²) in [5.74, 6) is -1.09. The van der Waals surface area contributed by atoms with Crippen molar-refractivity contribution in [2.75, 3.05) is 18.5 Å². The second kappa shape index (κ2) is 8.73. The van der Waals surface area contributed by atoms with Crippen molar-refractivity contribution in [1.29, 1.82) is 0 Å². The summed E-state index contributed by atoms with van der Waals surface area (Å²) in [6.07, 6.45) is 0.0963. The Bertz CT molecular complexity index is 495. The molecule has 0 heterocycles. The first-order chi connectivity index (χ1) is 10.1. The third kappa shape index (κ3) is 6.07. The van der Waals surface area contributed by atoms with E-state index in [1.807, 2.05) is 0 Å². The third-order valence-electron chi connectivity index (χ3n) is 2.54. The van der Waals surface area contributed by atoms with Gasteiger partial charge in [-0.2, -0.15) is 0 Å². The number of hydrogen-bond donors (Lipinski definition) is 1. The lowest BCUT2D eigenvalue weighted by Gasteiger charge is -2.06. The topological polar surface area (TPSA) is 81.7 Å². The Morgan fingerprint density at radius 1 is 0.952 bits per heavy atom. The molecule has 114 valence electrons. The molecule has 0 atom stereocenters. The van der Waals surface area contributed by atoms with E-state index in [-0.39, 0.29) is 18.7 Å². The Morgan fingerprint density at radius 3 is 2.14 bits per heavy atom. The van der Waals surface area contributed by atoms with E-state index in [9.17, 15) is 14.4 Å². The summed E-state index contributed by atoms with van der Waals surface area (Å²) in [5, 5.41) is 2.64. The lowest BCUT2D eigenvalue weighted by atomic mass is 10.2. The Morgan fingerprint density at radius 2 is 1.57 bits per heavy atom. The molecule has 1 aromatic carbocycles. The molecule has 1 rings (SSSR count). The van der Waals surface area contributed by atoms with Crippen molar-refractivity contribution in [2.45, 2.75) is 26.7 Å². The smallest absolute Gasteiger partial charge is 0.338 e. The molecule has 0 aliphatic rings. The first kappa shape index (κ1) is 16.7. The Kier molecular flexibility index (Phi) is 6.94. The van der Waals surface area contributed by atoms with Gasteiger partial charge in [-0.15, -0.1) is 0 Å². The first-order valence-electron chi connectivity index (χ1n) is 6.79. The van der Waals surface area contributed by atoms with E-state index in [1.165, 1.54) is 0 Å². The summed E-state index contributed by atoms with van der Waals surface area (Å²) in [7, 11) is 0. The van der Waals surface area contributed by atoms with Crippen LogP contribution in [0.25, 0.3) is 0 Å². The minimum atomic E-state index is -0.405. The minimum Gasteiger partial charge on any atom is -0.466 e. The summed E-state index contributed by atoms with van der Waals surface area (Å²) < 4.78 is 9.60. The SMILES string of the molecule is CCOC(=O)CCC(=O)Nc1ccc(C(=O)OCC)cc1. The largest absolute Gasteiger partial charge is 0.466 e. The van der Waals surface area contributed by atoms with E-state index in [0.717, 1.165) is 0 Å².